The number of imidazole rings is 1. The van der Waals surface area contributed by atoms with E-state index in [1.54, 1.807) is 12.3 Å². The zero-order valence-corrected chi connectivity index (χ0v) is 11.4. The molecule has 1 unspecified atom stereocenters. The molecule has 3 rings (SSSR count). The summed E-state index contributed by atoms with van der Waals surface area (Å²) in [5, 5.41) is 0. The van der Waals surface area contributed by atoms with Crippen LogP contribution in [0.4, 0.5) is 14.6 Å². The Hall–Kier alpha value is -2.18. The molecule has 1 aliphatic heterocycles. The van der Waals surface area contributed by atoms with E-state index in [2.05, 4.69) is 24.6 Å². The van der Waals surface area contributed by atoms with Crippen molar-refractivity contribution in [2.45, 2.75) is 25.4 Å². The van der Waals surface area contributed by atoms with Gasteiger partial charge in [0.2, 0.25) is 0 Å². The lowest BCUT2D eigenvalue weighted by Crippen LogP contribution is -2.35. The normalized spacial score (nSPS) is 19.0. The summed E-state index contributed by atoms with van der Waals surface area (Å²) < 4.78 is 28.5. The van der Waals surface area contributed by atoms with E-state index in [0.29, 0.717) is 5.92 Å². The summed E-state index contributed by atoms with van der Waals surface area (Å²) in [5.74, 6) is 2.17. The lowest BCUT2D eigenvalue weighted by atomic mass is 9.97. The Morgan fingerprint density at radius 1 is 1.33 bits per heavy atom. The second kappa shape index (κ2) is 6.07. The van der Waals surface area contributed by atoms with Gasteiger partial charge in [0.1, 0.15) is 17.4 Å². The molecule has 1 atom stereocenters. The van der Waals surface area contributed by atoms with Crippen LogP contribution in [0.25, 0.3) is 0 Å². The van der Waals surface area contributed by atoms with Crippen LogP contribution in [0.5, 0.6) is 5.75 Å². The number of hydrogen-bond donors (Lipinski definition) is 1. The van der Waals surface area contributed by atoms with Crippen LogP contribution in [0.3, 0.4) is 0 Å². The van der Waals surface area contributed by atoms with Crippen molar-refractivity contribution < 1.29 is 13.5 Å². The molecule has 0 saturated carbocycles. The predicted molar refractivity (Wildman–Crippen MR) is 73.6 cm³/mol. The zero-order chi connectivity index (χ0) is 14.7. The Labute approximate surface area is 121 Å². The van der Waals surface area contributed by atoms with Gasteiger partial charge in [0.15, 0.2) is 0 Å². The first-order valence-corrected chi connectivity index (χ1v) is 6.87. The van der Waals surface area contributed by atoms with Crippen molar-refractivity contribution >= 4 is 5.82 Å². The van der Waals surface area contributed by atoms with Crippen LogP contribution >= 0.6 is 0 Å². The van der Waals surface area contributed by atoms with E-state index < -0.39 is 6.61 Å². The highest BCUT2D eigenvalue weighted by molar-refractivity contribution is 5.41. The quantitative estimate of drug-likeness (QED) is 0.942. The van der Waals surface area contributed by atoms with E-state index in [-0.39, 0.29) is 5.75 Å². The number of pyridine rings is 1. The third-order valence-corrected chi connectivity index (χ3v) is 3.60. The van der Waals surface area contributed by atoms with Gasteiger partial charge in [-0.05, 0) is 25.0 Å². The highest BCUT2D eigenvalue weighted by atomic mass is 19.3. The molecule has 5 nitrogen and oxygen atoms in total. The summed E-state index contributed by atoms with van der Waals surface area (Å²) in [6.07, 6.45) is 7.03. The number of nitrogens with zero attached hydrogens (tertiary/aromatic N) is 3. The van der Waals surface area contributed by atoms with Crippen molar-refractivity contribution in [1.29, 1.82) is 0 Å². The topological polar surface area (TPSA) is 54.0 Å². The van der Waals surface area contributed by atoms with Gasteiger partial charge in [-0.3, -0.25) is 0 Å². The molecule has 2 aromatic heterocycles. The molecule has 0 bridgehead atoms. The first-order chi connectivity index (χ1) is 10.2. The number of nitrogens with one attached hydrogen (secondary N) is 1. The van der Waals surface area contributed by atoms with Crippen molar-refractivity contribution in [2.24, 2.45) is 0 Å². The minimum Gasteiger partial charge on any atom is -0.433 e. The number of anilines is 1. The van der Waals surface area contributed by atoms with Crippen LogP contribution < -0.4 is 9.64 Å². The molecule has 1 aliphatic rings. The highest BCUT2D eigenvalue weighted by Crippen LogP contribution is 2.28. The average Bonchev–Trinajstić information content (AvgIpc) is 3.02. The molecule has 0 amide bonds. The van der Waals surface area contributed by atoms with Crippen LogP contribution in [0, 0.1) is 0 Å². The number of rotatable bonds is 4. The molecule has 0 spiro atoms. The molecule has 1 N–H and O–H groups in total. The van der Waals surface area contributed by atoms with E-state index >= 15 is 0 Å². The maximum Gasteiger partial charge on any atom is 0.387 e. The van der Waals surface area contributed by atoms with Crippen LogP contribution in [0.2, 0.25) is 0 Å². The fraction of sp³-hybridized carbons (Fsp3) is 0.429. The SMILES string of the molecule is FC(F)Oc1ccc(N2CCCC(c3ncc[nH]3)C2)nc1. The molecule has 21 heavy (non-hydrogen) atoms. The van der Waals surface area contributed by atoms with Gasteiger partial charge in [0, 0.05) is 31.4 Å². The second-order valence-corrected chi connectivity index (χ2v) is 4.99. The van der Waals surface area contributed by atoms with Gasteiger partial charge in [0.05, 0.1) is 6.20 Å². The number of hydrogen-bond acceptors (Lipinski definition) is 4. The maximum atomic E-state index is 12.1. The van der Waals surface area contributed by atoms with Crippen molar-refractivity contribution in [3.63, 3.8) is 0 Å². The molecule has 3 heterocycles. The Kier molecular flexibility index (Phi) is 3.98. The third kappa shape index (κ3) is 3.29. The Bertz CT molecular complexity index is 559. The van der Waals surface area contributed by atoms with E-state index in [0.717, 1.165) is 37.6 Å². The van der Waals surface area contributed by atoms with E-state index in [4.69, 9.17) is 0 Å². The first-order valence-electron chi connectivity index (χ1n) is 6.87. The Balaban J connectivity index is 1.68. The minimum absolute atomic E-state index is 0.0772. The van der Waals surface area contributed by atoms with Gasteiger partial charge in [-0.2, -0.15) is 8.78 Å². The van der Waals surface area contributed by atoms with Gasteiger partial charge < -0.3 is 14.6 Å². The van der Waals surface area contributed by atoms with Gasteiger partial charge in [0.25, 0.3) is 0 Å². The summed E-state index contributed by atoms with van der Waals surface area (Å²) in [6, 6.07) is 3.23. The van der Waals surface area contributed by atoms with Crippen LogP contribution in [0.1, 0.15) is 24.6 Å². The number of H-pyrrole nitrogens is 1. The standard InChI is InChI=1S/C14H16F2N4O/c15-14(16)21-11-3-4-12(19-8-11)20-7-1-2-10(9-20)13-17-5-6-18-13/h3-6,8,10,14H,1-2,7,9H2,(H,17,18). The van der Waals surface area contributed by atoms with Crippen LogP contribution in [-0.4, -0.2) is 34.7 Å². The smallest absolute Gasteiger partial charge is 0.387 e. The summed E-state index contributed by atoms with van der Waals surface area (Å²) in [5.41, 5.74) is 0. The van der Waals surface area contributed by atoms with E-state index in [1.807, 2.05) is 6.20 Å². The lowest BCUT2D eigenvalue weighted by Gasteiger charge is -2.32. The van der Waals surface area contributed by atoms with Crippen molar-refractivity contribution in [2.75, 3.05) is 18.0 Å². The molecule has 7 heteroatoms. The number of aromatic amines is 1. The molecule has 0 aromatic carbocycles. The summed E-state index contributed by atoms with van der Waals surface area (Å²) in [4.78, 5) is 13.8. The number of halogens is 2. The maximum absolute atomic E-state index is 12.1. The summed E-state index contributed by atoms with van der Waals surface area (Å²) in [6.45, 7) is -1.11. The molecule has 0 aliphatic carbocycles. The number of aromatic nitrogens is 3. The zero-order valence-electron chi connectivity index (χ0n) is 11.4. The number of alkyl halides is 2. The third-order valence-electron chi connectivity index (χ3n) is 3.60. The molecule has 112 valence electrons. The fourth-order valence-electron chi connectivity index (χ4n) is 2.64. The lowest BCUT2D eigenvalue weighted by molar-refractivity contribution is -0.0500. The van der Waals surface area contributed by atoms with Crippen molar-refractivity contribution in [1.82, 2.24) is 15.0 Å². The predicted octanol–water partition coefficient (Wildman–Crippen LogP) is 2.79. The minimum atomic E-state index is -2.82. The van der Waals surface area contributed by atoms with Crippen molar-refractivity contribution in [3.8, 4) is 5.75 Å². The molecule has 1 fully saturated rings. The monoisotopic (exact) mass is 294 g/mol. The fourth-order valence-corrected chi connectivity index (χ4v) is 2.64. The van der Waals surface area contributed by atoms with Crippen LogP contribution in [-0.2, 0) is 0 Å². The Morgan fingerprint density at radius 3 is 2.90 bits per heavy atom. The van der Waals surface area contributed by atoms with Gasteiger partial charge in [-0.1, -0.05) is 0 Å². The molecule has 2 aromatic rings. The highest BCUT2D eigenvalue weighted by Gasteiger charge is 2.23. The number of ether oxygens (including phenoxy) is 1. The molecule has 1 saturated heterocycles. The summed E-state index contributed by atoms with van der Waals surface area (Å²) in [7, 11) is 0. The number of piperidine rings is 1. The Morgan fingerprint density at radius 2 is 2.24 bits per heavy atom. The van der Waals surface area contributed by atoms with Crippen LogP contribution in [0.15, 0.2) is 30.7 Å². The molecule has 0 radical (unpaired) electrons. The van der Waals surface area contributed by atoms with Gasteiger partial charge in [-0.15, -0.1) is 0 Å². The molecular weight excluding hydrogens is 278 g/mol. The second-order valence-electron chi connectivity index (χ2n) is 4.99. The van der Waals surface area contributed by atoms with Gasteiger partial charge in [-0.25, -0.2) is 9.97 Å². The molecular formula is C14H16F2N4O. The van der Waals surface area contributed by atoms with E-state index in [9.17, 15) is 8.78 Å². The largest absolute Gasteiger partial charge is 0.433 e. The van der Waals surface area contributed by atoms with Crippen molar-refractivity contribution in [3.05, 3.63) is 36.5 Å². The first kappa shape index (κ1) is 13.8. The summed E-state index contributed by atoms with van der Waals surface area (Å²) >= 11 is 0. The average molecular weight is 294 g/mol. The van der Waals surface area contributed by atoms with E-state index in [1.165, 1.54) is 12.3 Å². The van der Waals surface area contributed by atoms with Gasteiger partial charge >= 0.3 is 6.61 Å².